The number of nitrogens with one attached hydrogen (secondary N) is 2. The topological polar surface area (TPSA) is 330 Å². The number of hydrogen-bond acceptors (Lipinski definition) is 22. The van der Waals surface area contributed by atoms with Crippen LogP contribution < -0.4 is 64.7 Å². The summed E-state index contributed by atoms with van der Waals surface area (Å²) in [5, 5.41) is 33.7. The van der Waals surface area contributed by atoms with E-state index in [4.69, 9.17) is 54.3 Å². The minimum Gasteiger partial charge on any atom is -0.496 e. The van der Waals surface area contributed by atoms with Gasteiger partial charge in [-0.3, -0.25) is 23.9 Å². The molecule has 4 amide bonds. The number of rotatable bonds is 36. The highest BCUT2D eigenvalue weighted by Crippen LogP contribution is 2.44. The van der Waals surface area contributed by atoms with Crippen molar-refractivity contribution in [1.82, 2.24) is 40.8 Å². The predicted octanol–water partition coefficient (Wildman–Crippen LogP) is 28.8. The van der Waals surface area contributed by atoms with Gasteiger partial charge >= 0.3 is 13.2 Å². The Morgan fingerprint density at radius 1 is 0.396 bits per heavy atom. The summed E-state index contributed by atoms with van der Waals surface area (Å²) < 4.78 is 103. The summed E-state index contributed by atoms with van der Waals surface area (Å²) in [5.41, 5.74) is 26.7. The Morgan fingerprint density at radius 2 is 0.745 bits per heavy atom. The van der Waals surface area contributed by atoms with Gasteiger partial charge in [0.2, 0.25) is 0 Å². The highest BCUT2D eigenvalue weighted by atomic mass is 32.1. The second-order valence-corrected chi connectivity index (χ2v) is 39.8. The maximum Gasteiger partial charge on any atom is 0.387 e. The quantitative estimate of drug-likeness (QED) is 0.0180. The summed E-state index contributed by atoms with van der Waals surface area (Å²) in [7, 11) is 13.7. The fraction of sp³-hybridized carbons (Fsp3) is 0.415. The highest BCUT2D eigenvalue weighted by Gasteiger charge is 2.26. The number of thiazole rings is 1. The summed E-state index contributed by atoms with van der Waals surface area (Å²) in [6.07, 6.45) is 8.89. The third-order valence-electron chi connectivity index (χ3n) is 23.3. The van der Waals surface area contributed by atoms with Crippen LogP contribution in [0, 0.1) is 20.8 Å². The van der Waals surface area contributed by atoms with E-state index in [-0.39, 0.29) is 52.9 Å². The number of carbonyl (C=O) groups is 4. The fourth-order valence-electron chi connectivity index (χ4n) is 15.7. The first-order valence-corrected chi connectivity index (χ1v) is 51.7. The molecule has 0 fully saturated rings. The summed E-state index contributed by atoms with van der Waals surface area (Å²) in [6.45, 7) is 40.7. The lowest BCUT2D eigenvalue weighted by Gasteiger charge is -2.15. The number of nitrogens with two attached hydrogens (primary N) is 2. The Labute approximate surface area is 887 Å². The zero-order valence-electron chi connectivity index (χ0n) is 92.3. The molecule has 808 valence electrons. The number of aryl methyl sites for hydroxylation is 4. The van der Waals surface area contributed by atoms with E-state index in [0.29, 0.717) is 88.1 Å². The minimum absolute atomic E-state index is 0.0218. The number of primary amides is 2. The van der Waals surface area contributed by atoms with Crippen molar-refractivity contribution in [2.45, 2.75) is 251 Å². The fourth-order valence-corrected chi connectivity index (χ4v) is 17.2. The molecule has 4 heterocycles. The number of hydrogen-bond donors (Lipinski definition) is 5. The zero-order chi connectivity index (χ0) is 111. The standard InChI is InChI=1S/C17H27NO2.C14H18N2O.C14H21NO3.C14H17NO2.C14H17NOS.C13H16N2OS.2C11H13F2NO2.C10H14O/c1-5-6-7-8-12-18-17(19)15-11-9-10-14(13(2)3)16(15)20-4;1-10(2)11-6-5-7-12(14(11)17-4)13-8-9-15-16(13)3;1-10(2)11-6-4-7-12(13(11)18-3)14(17)15-8-5-9-16;1-9(2)11-6-5-7-12(14(11)16-4)13-8-10(3)15-17-13;1-9(2)11-6-5-7-12(13(11)16-4)14-15-8-10(3)17-14;1-8(2)10-6-5-7-11(12(10)16-4)13-15-14-9(3)17-13;2*1-6(2)7-4-3-5-8(10(14)15)9(7)16-11(12)13;1-8(2)9-6-4-5-7-10(9)11-3/h9-11,13H,5-8,12H2,1-4H3,(H,18,19);5-10H,1-4H3;4,6-7,10,16H,5,8-9H2,1-3H3,(H,15,17);2*5-9H,1-4H3;5-8H,1-4H3;2*3-6,11H,1-2H3,(H2,14,15);4-8H,1-3H3. The lowest BCUT2D eigenvalue weighted by molar-refractivity contribution is -0.0515. The monoisotopic (exact) mass is 2090 g/mol. The number of amides is 4. The SMILES string of the molecule is CC(C)c1cccc(C(N)=O)c1OC(F)F.CC(C)c1cccc(C(N)=O)c1OC(F)F.CCCCCCNC(=O)c1cccc(C(C)C)c1OC.COc1c(-c2cc(C)no2)cccc1C(C)C.COc1c(-c2ccnn2C)cccc1C(C)C.COc1c(-c2ncc(C)s2)cccc1C(C)C.COc1c(-c2nnc(C)s2)cccc1C(C)C.COc1c(C(=O)NCCCO)cccc1C(C)C.COc1ccccc1C(C)C. The van der Waals surface area contributed by atoms with E-state index in [2.05, 4.69) is 211 Å². The van der Waals surface area contributed by atoms with E-state index in [1.54, 1.807) is 109 Å². The largest absolute Gasteiger partial charge is 0.496 e. The van der Waals surface area contributed by atoms with Crippen LogP contribution in [0.15, 0.2) is 199 Å². The third kappa shape index (κ3) is 38.2. The predicted molar refractivity (Wildman–Crippen MR) is 593 cm³/mol. The molecule has 149 heavy (non-hydrogen) atoms. The van der Waals surface area contributed by atoms with Crippen LogP contribution in [0.1, 0.15) is 324 Å². The van der Waals surface area contributed by atoms with Crippen LogP contribution in [0.4, 0.5) is 17.6 Å². The molecule has 7 N–H and O–H groups in total. The molecule has 31 heteroatoms. The molecular weight excluding hydrogens is 1940 g/mol. The number of aromatic nitrogens is 6. The molecule has 0 spiro atoms. The third-order valence-corrected chi connectivity index (χ3v) is 25.1. The van der Waals surface area contributed by atoms with Gasteiger partial charge < -0.3 is 74.4 Å². The maximum atomic E-state index is 12.2. The maximum absolute atomic E-state index is 12.2. The second kappa shape index (κ2) is 64.6. The van der Waals surface area contributed by atoms with Crippen LogP contribution in [0.2, 0.25) is 0 Å². The number of para-hydroxylation sites is 9. The highest BCUT2D eigenvalue weighted by molar-refractivity contribution is 7.15. The van der Waals surface area contributed by atoms with Crippen molar-refractivity contribution in [3.8, 4) is 95.5 Å². The normalized spacial score (nSPS) is 10.8. The van der Waals surface area contributed by atoms with Crippen LogP contribution in [0.5, 0.6) is 51.7 Å². The van der Waals surface area contributed by atoms with Gasteiger partial charge in [-0.25, -0.2) is 4.98 Å². The summed E-state index contributed by atoms with van der Waals surface area (Å²) >= 11 is 3.29. The molecule has 0 atom stereocenters. The van der Waals surface area contributed by atoms with E-state index in [1.165, 1.54) is 64.1 Å². The van der Waals surface area contributed by atoms with E-state index in [1.807, 2.05) is 144 Å². The van der Waals surface area contributed by atoms with Crippen molar-refractivity contribution in [2.24, 2.45) is 18.5 Å². The van der Waals surface area contributed by atoms with Crippen molar-refractivity contribution < 1.29 is 89.0 Å². The van der Waals surface area contributed by atoms with Crippen LogP contribution in [-0.2, 0) is 7.05 Å². The molecule has 9 aromatic carbocycles. The van der Waals surface area contributed by atoms with E-state index < -0.39 is 25.0 Å². The van der Waals surface area contributed by atoms with Crippen molar-refractivity contribution in [1.29, 1.82) is 0 Å². The Bertz CT molecular complexity index is 5960. The van der Waals surface area contributed by atoms with Crippen molar-refractivity contribution in [2.75, 3.05) is 69.5 Å². The number of ether oxygens (including phenoxy) is 9. The number of aliphatic hydroxyl groups is 1. The number of carbonyl (C=O) groups excluding carboxylic acids is 4. The van der Waals surface area contributed by atoms with Crippen LogP contribution in [0.3, 0.4) is 0 Å². The number of methoxy groups -OCH3 is 7. The van der Waals surface area contributed by atoms with Gasteiger partial charge in [0.05, 0.1) is 100 Å². The lowest BCUT2D eigenvalue weighted by atomic mass is 9.98. The van der Waals surface area contributed by atoms with E-state index >= 15 is 0 Å². The average molecular weight is 2090 g/mol. The van der Waals surface area contributed by atoms with Crippen LogP contribution in [-0.4, -0.2) is 142 Å². The molecule has 25 nitrogen and oxygen atoms in total. The van der Waals surface area contributed by atoms with Crippen molar-refractivity contribution in [3.05, 3.63) is 282 Å². The molecule has 4 aromatic heterocycles. The number of benzene rings is 9. The first-order chi connectivity index (χ1) is 70.9. The van der Waals surface area contributed by atoms with Gasteiger partial charge in [0, 0.05) is 55.6 Å². The van der Waals surface area contributed by atoms with Gasteiger partial charge in [-0.15, -0.1) is 21.5 Å². The summed E-state index contributed by atoms with van der Waals surface area (Å²) in [6, 6.07) is 57.4. The van der Waals surface area contributed by atoms with Crippen LogP contribution in [0.25, 0.3) is 43.7 Å². The number of alkyl halides is 4. The smallest absolute Gasteiger partial charge is 0.387 e. The molecule has 0 radical (unpaired) electrons. The second-order valence-electron chi connectivity index (χ2n) is 37.4. The number of nitrogens with zero attached hydrogens (tertiary/aromatic N) is 6. The average Bonchev–Trinajstić information content (AvgIpc) is 1.71. The Hall–Kier alpha value is -13.7. The first kappa shape index (κ1) is 126. The van der Waals surface area contributed by atoms with Gasteiger partial charge in [0.15, 0.2) is 10.8 Å². The van der Waals surface area contributed by atoms with Crippen molar-refractivity contribution in [3.63, 3.8) is 0 Å². The van der Waals surface area contributed by atoms with E-state index in [0.717, 1.165) is 107 Å². The van der Waals surface area contributed by atoms with Crippen molar-refractivity contribution >= 4 is 46.3 Å². The molecule has 0 aliphatic rings. The Balaban J connectivity index is 0.000000295. The summed E-state index contributed by atoms with van der Waals surface area (Å²) in [4.78, 5) is 52.0. The number of halogens is 4. The molecule has 0 saturated carbocycles. The van der Waals surface area contributed by atoms with Gasteiger partial charge in [-0.05, 0) is 198 Å². The van der Waals surface area contributed by atoms with Crippen LogP contribution >= 0.6 is 22.7 Å². The minimum atomic E-state index is -2.97. The van der Waals surface area contributed by atoms with Gasteiger partial charge in [0.1, 0.15) is 61.8 Å². The molecule has 13 aromatic rings. The van der Waals surface area contributed by atoms with Gasteiger partial charge in [-0.2, -0.15) is 22.7 Å². The number of unbranched alkanes of at least 4 members (excludes halogenated alkanes) is 3. The molecule has 0 aliphatic heterocycles. The zero-order valence-corrected chi connectivity index (χ0v) is 93.9. The molecular formula is C118H156F4N10O15S2. The molecule has 0 aliphatic carbocycles. The van der Waals surface area contributed by atoms with Gasteiger partial charge in [-0.1, -0.05) is 283 Å². The Kier molecular flexibility index (Phi) is 54.5. The molecule has 0 unspecified atom stereocenters. The Morgan fingerprint density at radius 3 is 1.07 bits per heavy atom. The van der Waals surface area contributed by atoms with Gasteiger partial charge in [0.25, 0.3) is 23.6 Å². The van der Waals surface area contributed by atoms with E-state index in [9.17, 15) is 36.7 Å². The lowest BCUT2D eigenvalue weighted by Crippen LogP contribution is -2.25. The summed E-state index contributed by atoms with van der Waals surface area (Å²) in [5.74, 6) is 7.59. The molecule has 13 rings (SSSR count). The molecule has 0 bridgehead atoms. The number of aliphatic hydroxyl groups excluding tert-OH is 1. The molecule has 0 saturated heterocycles. The first-order valence-electron chi connectivity index (χ1n) is 50.1.